The number of hydrogen-bond donors (Lipinski definition) is 1. The Labute approximate surface area is 107 Å². The van der Waals surface area contributed by atoms with E-state index < -0.39 is 5.97 Å². The molecule has 0 bridgehead atoms. The van der Waals surface area contributed by atoms with Crippen molar-refractivity contribution in [3.05, 3.63) is 28.8 Å². The lowest BCUT2D eigenvalue weighted by Crippen LogP contribution is -2.18. The summed E-state index contributed by atoms with van der Waals surface area (Å²) in [6, 6.07) is 3.79. The van der Waals surface area contributed by atoms with Crippen LogP contribution in [0.2, 0.25) is 0 Å². The molecule has 0 saturated heterocycles. The lowest BCUT2D eigenvalue weighted by atomic mass is 10.0. The number of aryl methyl sites for hydroxylation is 1. The number of esters is 1. The zero-order chi connectivity index (χ0) is 13.7. The second kappa shape index (κ2) is 6.19. The molecule has 0 aromatic heterocycles. The summed E-state index contributed by atoms with van der Waals surface area (Å²) in [6.45, 7) is 7.97. The highest BCUT2D eigenvalue weighted by molar-refractivity contribution is 6.02. The fourth-order valence-corrected chi connectivity index (χ4v) is 1.63. The molecule has 18 heavy (non-hydrogen) atoms. The molecule has 0 heterocycles. The number of rotatable bonds is 4. The van der Waals surface area contributed by atoms with E-state index in [1.165, 1.54) is 5.56 Å². The molecule has 0 aliphatic heterocycles. The molecule has 1 rings (SSSR count). The summed E-state index contributed by atoms with van der Waals surface area (Å²) < 4.78 is 4.72. The molecule has 1 aromatic rings. The van der Waals surface area contributed by atoms with Gasteiger partial charge < -0.3 is 10.1 Å². The van der Waals surface area contributed by atoms with E-state index in [1.54, 1.807) is 6.92 Å². The Morgan fingerprint density at radius 3 is 2.44 bits per heavy atom. The SMILES string of the molecule is CCOC(=O)CC(=O)Nc1ccc(C)c(C)c1C. The third-order valence-electron chi connectivity index (χ3n) is 2.94. The molecule has 98 valence electrons. The summed E-state index contributed by atoms with van der Waals surface area (Å²) in [5.74, 6) is -0.851. The van der Waals surface area contributed by atoms with Gasteiger partial charge in [0.05, 0.1) is 6.61 Å². The Morgan fingerprint density at radius 1 is 1.17 bits per heavy atom. The van der Waals surface area contributed by atoms with Crippen LogP contribution in [0, 0.1) is 20.8 Å². The highest BCUT2D eigenvalue weighted by atomic mass is 16.5. The molecule has 0 aliphatic carbocycles. The van der Waals surface area contributed by atoms with Gasteiger partial charge in [-0.3, -0.25) is 9.59 Å². The maximum atomic E-state index is 11.6. The first-order valence-electron chi connectivity index (χ1n) is 5.98. The average Bonchev–Trinajstić information content (AvgIpc) is 2.30. The van der Waals surface area contributed by atoms with Crippen molar-refractivity contribution in [2.24, 2.45) is 0 Å². The minimum Gasteiger partial charge on any atom is -0.466 e. The Morgan fingerprint density at radius 2 is 1.83 bits per heavy atom. The zero-order valence-corrected chi connectivity index (χ0v) is 11.3. The summed E-state index contributed by atoms with van der Waals surface area (Å²) in [6.07, 6.45) is -0.250. The third kappa shape index (κ3) is 3.58. The molecule has 1 aromatic carbocycles. The van der Waals surface area contributed by atoms with E-state index in [9.17, 15) is 9.59 Å². The average molecular weight is 249 g/mol. The second-order valence-corrected chi connectivity index (χ2v) is 4.21. The van der Waals surface area contributed by atoms with E-state index in [2.05, 4.69) is 5.32 Å². The van der Waals surface area contributed by atoms with Crippen LogP contribution in [0.4, 0.5) is 5.69 Å². The molecule has 0 spiro atoms. The van der Waals surface area contributed by atoms with E-state index in [0.29, 0.717) is 0 Å². The maximum absolute atomic E-state index is 11.6. The molecule has 0 unspecified atom stereocenters. The van der Waals surface area contributed by atoms with Crippen LogP contribution in [0.25, 0.3) is 0 Å². The van der Waals surface area contributed by atoms with Crippen LogP contribution in [0.5, 0.6) is 0 Å². The van der Waals surface area contributed by atoms with Gasteiger partial charge in [-0.2, -0.15) is 0 Å². The van der Waals surface area contributed by atoms with E-state index in [0.717, 1.165) is 16.8 Å². The summed E-state index contributed by atoms with van der Waals surface area (Å²) in [4.78, 5) is 22.8. The van der Waals surface area contributed by atoms with Gasteiger partial charge in [0.25, 0.3) is 0 Å². The van der Waals surface area contributed by atoms with Gasteiger partial charge in [0.1, 0.15) is 6.42 Å². The Balaban J connectivity index is 2.71. The van der Waals surface area contributed by atoms with Crippen LogP contribution in [0.3, 0.4) is 0 Å². The number of amides is 1. The first-order valence-corrected chi connectivity index (χ1v) is 5.98. The number of ether oxygens (including phenoxy) is 1. The van der Waals surface area contributed by atoms with Crippen LogP contribution in [-0.2, 0) is 14.3 Å². The van der Waals surface area contributed by atoms with Gasteiger partial charge in [-0.15, -0.1) is 0 Å². The molecule has 4 nitrogen and oxygen atoms in total. The summed E-state index contributed by atoms with van der Waals surface area (Å²) in [7, 11) is 0. The predicted octanol–water partition coefficient (Wildman–Crippen LogP) is 2.50. The van der Waals surface area contributed by atoms with Crippen molar-refractivity contribution in [2.75, 3.05) is 11.9 Å². The number of carbonyl (C=O) groups is 2. The van der Waals surface area contributed by atoms with Crippen molar-refractivity contribution in [2.45, 2.75) is 34.1 Å². The van der Waals surface area contributed by atoms with Crippen molar-refractivity contribution in [1.82, 2.24) is 0 Å². The molecule has 4 heteroatoms. The molecular formula is C14H19NO3. The number of nitrogens with one attached hydrogen (secondary N) is 1. The Kier molecular flexibility index (Phi) is 4.89. The zero-order valence-electron chi connectivity index (χ0n) is 11.3. The quantitative estimate of drug-likeness (QED) is 0.659. The first kappa shape index (κ1) is 14.2. The molecule has 0 radical (unpaired) electrons. The normalized spacial score (nSPS) is 10.0. The van der Waals surface area contributed by atoms with Crippen molar-refractivity contribution in [3.8, 4) is 0 Å². The topological polar surface area (TPSA) is 55.4 Å². The van der Waals surface area contributed by atoms with Crippen LogP contribution in [-0.4, -0.2) is 18.5 Å². The van der Waals surface area contributed by atoms with Crippen LogP contribution in [0.1, 0.15) is 30.0 Å². The third-order valence-corrected chi connectivity index (χ3v) is 2.94. The van der Waals surface area contributed by atoms with Crippen molar-refractivity contribution >= 4 is 17.6 Å². The first-order chi connectivity index (χ1) is 8.45. The lowest BCUT2D eigenvalue weighted by Gasteiger charge is -2.12. The fraction of sp³-hybridized carbons (Fsp3) is 0.429. The molecule has 0 fully saturated rings. The number of carbonyl (C=O) groups excluding carboxylic acids is 2. The van der Waals surface area contributed by atoms with E-state index in [1.807, 2.05) is 32.9 Å². The van der Waals surface area contributed by atoms with E-state index in [4.69, 9.17) is 4.74 Å². The highest BCUT2D eigenvalue weighted by Gasteiger charge is 2.12. The summed E-state index contributed by atoms with van der Waals surface area (Å²) in [5.41, 5.74) is 4.08. The molecule has 0 atom stereocenters. The number of anilines is 1. The van der Waals surface area contributed by atoms with Crippen molar-refractivity contribution in [1.29, 1.82) is 0 Å². The van der Waals surface area contributed by atoms with Crippen molar-refractivity contribution in [3.63, 3.8) is 0 Å². The predicted molar refractivity (Wildman–Crippen MR) is 70.5 cm³/mol. The fourth-order valence-electron chi connectivity index (χ4n) is 1.63. The van der Waals surface area contributed by atoms with Gasteiger partial charge >= 0.3 is 5.97 Å². The Hall–Kier alpha value is -1.84. The van der Waals surface area contributed by atoms with Gasteiger partial charge in [0.15, 0.2) is 0 Å². The van der Waals surface area contributed by atoms with Crippen LogP contribution >= 0.6 is 0 Å². The van der Waals surface area contributed by atoms with Gasteiger partial charge in [-0.25, -0.2) is 0 Å². The summed E-state index contributed by atoms with van der Waals surface area (Å²) >= 11 is 0. The van der Waals surface area contributed by atoms with Gasteiger partial charge in [-0.05, 0) is 50.5 Å². The van der Waals surface area contributed by atoms with Gasteiger partial charge in [0.2, 0.25) is 5.91 Å². The maximum Gasteiger partial charge on any atom is 0.315 e. The van der Waals surface area contributed by atoms with Crippen LogP contribution < -0.4 is 5.32 Å². The standard InChI is InChI=1S/C14H19NO3/c1-5-18-14(17)8-13(16)15-12-7-6-9(2)10(3)11(12)4/h6-7H,5,8H2,1-4H3,(H,15,16). The van der Waals surface area contributed by atoms with E-state index in [-0.39, 0.29) is 18.9 Å². The molecule has 0 aliphatic rings. The Bertz CT molecular complexity index is 466. The molecular weight excluding hydrogens is 230 g/mol. The minimum atomic E-state index is -0.503. The summed E-state index contributed by atoms with van der Waals surface area (Å²) in [5, 5.41) is 2.73. The van der Waals surface area contributed by atoms with Crippen molar-refractivity contribution < 1.29 is 14.3 Å². The molecule has 0 saturated carbocycles. The van der Waals surface area contributed by atoms with Crippen LogP contribution in [0.15, 0.2) is 12.1 Å². The molecule has 1 N–H and O–H groups in total. The molecule has 1 amide bonds. The largest absolute Gasteiger partial charge is 0.466 e. The number of hydrogen-bond acceptors (Lipinski definition) is 3. The lowest BCUT2D eigenvalue weighted by molar-refractivity contribution is -0.145. The number of benzene rings is 1. The minimum absolute atomic E-state index is 0.250. The monoisotopic (exact) mass is 249 g/mol. The van der Waals surface area contributed by atoms with E-state index >= 15 is 0 Å². The second-order valence-electron chi connectivity index (χ2n) is 4.21. The smallest absolute Gasteiger partial charge is 0.315 e. The van der Waals surface area contributed by atoms with Gasteiger partial charge in [0, 0.05) is 5.69 Å². The highest BCUT2D eigenvalue weighted by Crippen LogP contribution is 2.21. The van der Waals surface area contributed by atoms with Gasteiger partial charge in [-0.1, -0.05) is 6.07 Å².